The second-order valence-corrected chi connectivity index (χ2v) is 10.8. The molecule has 0 saturated carbocycles. The Morgan fingerprint density at radius 2 is 1.69 bits per heavy atom. The smallest absolute Gasteiger partial charge is 0.289 e. The lowest BCUT2D eigenvalue weighted by molar-refractivity contribution is -0.122. The number of nitrogens with two attached hydrogens (primary N) is 1. The van der Waals surface area contributed by atoms with Gasteiger partial charge in [0.25, 0.3) is 5.91 Å². The van der Waals surface area contributed by atoms with Crippen LogP contribution in [0.2, 0.25) is 0 Å². The van der Waals surface area contributed by atoms with Gasteiger partial charge in [-0.25, -0.2) is 13.8 Å². The van der Waals surface area contributed by atoms with E-state index in [2.05, 4.69) is 15.3 Å². The zero-order valence-corrected chi connectivity index (χ0v) is 23.5. The number of imidazole rings is 1. The van der Waals surface area contributed by atoms with Crippen LogP contribution in [0.15, 0.2) is 12.1 Å². The van der Waals surface area contributed by atoms with Crippen molar-refractivity contribution in [2.75, 3.05) is 33.9 Å². The van der Waals surface area contributed by atoms with Crippen molar-refractivity contribution in [2.45, 2.75) is 77.6 Å². The number of nitrogens with zero attached hydrogens (tertiary/aromatic N) is 2. The highest BCUT2D eigenvalue weighted by Gasteiger charge is 2.33. The van der Waals surface area contributed by atoms with Crippen LogP contribution in [0.25, 0.3) is 11.0 Å². The molecule has 39 heavy (non-hydrogen) atoms. The van der Waals surface area contributed by atoms with Gasteiger partial charge in [-0.05, 0) is 61.3 Å². The number of hydrogen-bond acceptors (Lipinski definition) is 6. The van der Waals surface area contributed by atoms with E-state index < -0.39 is 12.7 Å². The number of carbonyl (C=O) groups is 2. The summed E-state index contributed by atoms with van der Waals surface area (Å²) in [7, 11) is 2.68. The molecule has 3 rings (SSSR count). The number of hydrogen-bond donors (Lipinski definition) is 3. The number of nitrogens with one attached hydrogen (secondary N) is 2. The predicted octanol–water partition coefficient (Wildman–Crippen LogP) is 3.65. The van der Waals surface area contributed by atoms with Crippen molar-refractivity contribution < 1.29 is 27.8 Å². The maximum atomic E-state index is 13.7. The second kappa shape index (κ2) is 14.7. The Hall–Kier alpha value is -2.63. The highest BCUT2D eigenvalue weighted by atomic mass is 19.1. The van der Waals surface area contributed by atoms with Crippen molar-refractivity contribution in [3.05, 3.63) is 29.1 Å². The van der Waals surface area contributed by atoms with Gasteiger partial charge in [0, 0.05) is 52.7 Å². The number of ether oxygens (including phenoxy) is 2. The number of alkyl halides is 2. The zero-order chi connectivity index (χ0) is 28.5. The first-order valence-corrected chi connectivity index (χ1v) is 13.8. The molecule has 2 unspecified atom stereocenters. The molecule has 1 aromatic carbocycles. The predicted molar refractivity (Wildman–Crippen MR) is 146 cm³/mol. The van der Waals surface area contributed by atoms with Gasteiger partial charge in [0.15, 0.2) is 18.5 Å². The number of carbonyl (C=O) groups excluding carboxylic acids is 2. The molecule has 2 amide bonds. The first-order valence-electron chi connectivity index (χ1n) is 13.8. The van der Waals surface area contributed by atoms with Crippen LogP contribution < -0.4 is 11.1 Å². The molecule has 1 fully saturated rings. The van der Waals surface area contributed by atoms with Gasteiger partial charge in [-0.1, -0.05) is 13.8 Å². The van der Waals surface area contributed by atoms with Gasteiger partial charge in [-0.3, -0.25) is 9.59 Å². The number of primary amides is 1. The molecular weight excluding hydrogens is 508 g/mol. The van der Waals surface area contributed by atoms with Crippen molar-refractivity contribution in [3.63, 3.8) is 0 Å². The van der Waals surface area contributed by atoms with E-state index in [1.165, 1.54) is 14.2 Å². The fraction of sp³-hybridized carbons (Fsp3) is 0.679. The monoisotopic (exact) mass is 551 g/mol. The van der Waals surface area contributed by atoms with Gasteiger partial charge in [0.2, 0.25) is 5.91 Å². The van der Waals surface area contributed by atoms with Gasteiger partial charge in [-0.2, -0.15) is 0 Å². The molecule has 2 aromatic rings. The molecule has 0 aliphatic carbocycles. The van der Waals surface area contributed by atoms with E-state index in [-0.39, 0.29) is 48.4 Å². The quantitative estimate of drug-likeness (QED) is 0.311. The van der Waals surface area contributed by atoms with Crippen LogP contribution in [0.3, 0.4) is 0 Å². The van der Waals surface area contributed by atoms with Crippen LogP contribution in [0, 0.1) is 11.8 Å². The van der Waals surface area contributed by atoms with Crippen LogP contribution in [0.5, 0.6) is 0 Å². The number of rotatable bonds is 15. The lowest BCUT2D eigenvalue weighted by atomic mass is 9.93. The molecule has 1 aromatic heterocycles. The van der Waals surface area contributed by atoms with E-state index in [0.29, 0.717) is 62.8 Å². The van der Waals surface area contributed by atoms with E-state index in [4.69, 9.17) is 15.2 Å². The van der Waals surface area contributed by atoms with Gasteiger partial charge in [-0.15, -0.1) is 0 Å². The Morgan fingerprint density at radius 3 is 2.26 bits per heavy atom. The summed E-state index contributed by atoms with van der Waals surface area (Å²) >= 11 is 0. The SMILES string of the molecule is COC(F)CCCc1cc2nc(C(=O)N(CC(C)C)[C@@H]3CNC[C@H](C(N)=O)C3)[nH]c2cc1CCCC(F)OC. The number of fused-ring (bicyclic) bond motifs is 1. The topological polar surface area (TPSA) is 123 Å². The molecule has 2 heterocycles. The number of halogens is 2. The van der Waals surface area contributed by atoms with E-state index in [9.17, 15) is 18.4 Å². The molecule has 0 radical (unpaired) electrons. The fourth-order valence-corrected chi connectivity index (χ4v) is 5.15. The van der Waals surface area contributed by atoms with E-state index in [0.717, 1.165) is 11.1 Å². The number of aryl methyl sites for hydroxylation is 2. The summed E-state index contributed by atoms with van der Waals surface area (Å²) in [5, 5.41) is 3.23. The van der Waals surface area contributed by atoms with Crippen molar-refractivity contribution in [2.24, 2.45) is 17.6 Å². The summed E-state index contributed by atoms with van der Waals surface area (Å²) < 4.78 is 36.7. The Bertz CT molecular complexity index is 1040. The number of piperidine rings is 1. The molecule has 9 nitrogen and oxygen atoms in total. The van der Waals surface area contributed by atoms with Gasteiger partial charge < -0.3 is 30.4 Å². The third-order valence-electron chi connectivity index (χ3n) is 7.26. The van der Waals surface area contributed by atoms with Crippen molar-refractivity contribution in [1.29, 1.82) is 0 Å². The minimum absolute atomic E-state index is 0.186. The van der Waals surface area contributed by atoms with Crippen molar-refractivity contribution in [3.8, 4) is 0 Å². The Labute approximate surface area is 229 Å². The lowest BCUT2D eigenvalue weighted by Gasteiger charge is -2.37. The molecule has 4 N–H and O–H groups in total. The van der Waals surface area contributed by atoms with Crippen LogP contribution in [0.1, 0.15) is 67.7 Å². The van der Waals surface area contributed by atoms with Crippen LogP contribution in [0.4, 0.5) is 8.78 Å². The average Bonchev–Trinajstić information content (AvgIpc) is 3.33. The number of methoxy groups -OCH3 is 2. The Balaban J connectivity index is 1.87. The first kappa shape index (κ1) is 30.9. The molecule has 11 heteroatoms. The van der Waals surface area contributed by atoms with Gasteiger partial charge in [0.1, 0.15) is 0 Å². The van der Waals surface area contributed by atoms with Crippen molar-refractivity contribution in [1.82, 2.24) is 20.2 Å². The molecule has 1 aliphatic rings. The molecule has 0 bridgehead atoms. The summed E-state index contributed by atoms with van der Waals surface area (Å²) in [6.07, 6.45) is 0.764. The van der Waals surface area contributed by atoms with E-state index in [1.54, 1.807) is 4.90 Å². The normalized spacial score (nSPS) is 19.4. The number of benzene rings is 1. The average molecular weight is 552 g/mol. The minimum atomic E-state index is -1.32. The third kappa shape index (κ3) is 8.68. The number of H-pyrrole nitrogens is 1. The highest BCUT2D eigenvalue weighted by molar-refractivity contribution is 5.94. The molecule has 1 aliphatic heterocycles. The number of aromatic nitrogens is 2. The maximum absolute atomic E-state index is 13.7. The molecular formula is C28H43F2N5O4. The molecule has 0 spiro atoms. The Morgan fingerprint density at radius 1 is 1.08 bits per heavy atom. The van der Waals surface area contributed by atoms with Gasteiger partial charge in [0.05, 0.1) is 17.0 Å². The van der Waals surface area contributed by atoms with Gasteiger partial charge >= 0.3 is 0 Å². The highest BCUT2D eigenvalue weighted by Crippen LogP contribution is 2.25. The zero-order valence-electron chi connectivity index (χ0n) is 23.5. The van der Waals surface area contributed by atoms with Crippen LogP contribution in [-0.4, -0.2) is 79.3 Å². The first-order chi connectivity index (χ1) is 18.6. The Kier molecular flexibility index (Phi) is 11.6. The number of amides is 2. The third-order valence-corrected chi connectivity index (χ3v) is 7.26. The summed E-state index contributed by atoms with van der Waals surface area (Å²) in [5.41, 5.74) is 8.90. The number of aromatic amines is 1. The largest absolute Gasteiger partial charge is 0.369 e. The summed E-state index contributed by atoms with van der Waals surface area (Å²) in [5.74, 6) is -0.511. The molecule has 218 valence electrons. The standard InChI is InChI=1S/C28H43F2N5O4/c1-17(2)16-35(21-11-20(26(31)36)14-32-15-21)28(37)27-33-22-12-18(7-5-9-24(29)38-3)19(13-23(22)34-27)8-6-10-25(30)39-4/h12-13,17,20-21,24-25,32H,5-11,14-16H2,1-4H3,(H2,31,36)(H,33,34)/t20-,21+,24?,25?/m1/s1. The molecule has 1 saturated heterocycles. The van der Waals surface area contributed by atoms with E-state index in [1.807, 2.05) is 26.0 Å². The summed E-state index contributed by atoms with van der Waals surface area (Å²) in [6.45, 7) is 5.67. The molecule has 4 atom stereocenters. The van der Waals surface area contributed by atoms with E-state index >= 15 is 0 Å². The summed E-state index contributed by atoms with van der Waals surface area (Å²) in [4.78, 5) is 35.2. The van der Waals surface area contributed by atoms with Crippen LogP contribution in [-0.2, 0) is 27.1 Å². The van der Waals surface area contributed by atoms with Crippen LogP contribution >= 0.6 is 0 Å². The minimum Gasteiger partial charge on any atom is -0.369 e. The lowest BCUT2D eigenvalue weighted by Crippen LogP contribution is -2.54. The second-order valence-electron chi connectivity index (χ2n) is 10.8. The fourth-order valence-electron chi connectivity index (χ4n) is 5.15. The maximum Gasteiger partial charge on any atom is 0.289 e. The van der Waals surface area contributed by atoms with Crippen molar-refractivity contribution >= 4 is 22.8 Å². The summed E-state index contributed by atoms with van der Waals surface area (Å²) in [6, 6.07) is 3.70.